The van der Waals surface area contributed by atoms with Gasteiger partial charge in [-0.05, 0) is 62.6 Å². The Kier molecular flexibility index (Phi) is 5.13. The average molecular weight is 304 g/mol. The molecule has 0 aliphatic heterocycles. The van der Waals surface area contributed by atoms with Gasteiger partial charge >= 0.3 is 0 Å². The van der Waals surface area contributed by atoms with Crippen molar-refractivity contribution >= 4 is 17.3 Å². The summed E-state index contributed by atoms with van der Waals surface area (Å²) in [5.41, 5.74) is 4.89. The lowest BCUT2D eigenvalue weighted by Crippen LogP contribution is -2.06. The molecule has 0 atom stereocenters. The Morgan fingerprint density at radius 2 is 1.81 bits per heavy atom. The fourth-order valence-corrected chi connectivity index (χ4v) is 2.30. The van der Waals surface area contributed by atoms with Crippen molar-refractivity contribution in [2.75, 3.05) is 5.32 Å². The van der Waals surface area contributed by atoms with E-state index in [-0.39, 0.29) is 6.10 Å². The summed E-state index contributed by atoms with van der Waals surface area (Å²) >= 11 is 6.24. The molecule has 0 radical (unpaired) electrons. The number of rotatable bonds is 5. The van der Waals surface area contributed by atoms with Crippen LogP contribution in [0, 0.1) is 13.8 Å². The second kappa shape index (κ2) is 6.86. The van der Waals surface area contributed by atoms with Crippen LogP contribution in [0.1, 0.15) is 30.5 Å². The predicted octanol–water partition coefficient (Wildman–Crippen LogP) is 5.36. The number of hydrogen-bond donors (Lipinski definition) is 1. The molecule has 0 aliphatic carbocycles. The molecule has 0 heterocycles. The molecule has 3 heteroatoms. The summed E-state index contributed by atoms with van der Waals surface area (Å²) in [7, 11) is 0. The molecule has 2 rings (SSSR count). The van der Waals surface area contributed by atoms with Crippen molar-refractivity contribution in [3.8, 4) is 5.75 Å². The second-order valence-corrected chi connectivity index (χ2v) is 5.99. The van der Waals surface area contributed by atoms with Crippen molar-refractivity contribution in [1.82, 2.24) is 0 Å². The summed E-state index contributed by atoms with van der Waals surface area (Å²) in [6.07, 6.45) is 0.122. The molecule has 0 unspecified atom stereocenters. The third-order valence-electron chi connectivity index (χ3n) is 3.36. The number of benzene rings is 2. The Balaban J connectivity index is 2.03. The molecule has 2 aromatic rings. The highest BCUT2D eigenvalue weighted by Crippen LogP contribution is 2.28. The first-order valence-electron chi connectivity index (χ1n) is 7.22. The molecule has 0 aromatic heterocycles. The number of anilines is 1. The van der Waals surface area contributed by atoms with Crippen molar-refractivity contribution in [3.05, 3.63) is 58.1 Å². The fourth-order valence-electron chi connectivity index (χ4n) is 2.08. The Bertz CT molecular complexity index is 623. The van der Waals surface area contributed by atoms with Crippen LogP contribution in [0.25, 0.3) is 0 Å². The monoisotopic (exact) mass is 303 g/mol. The molecule has 0 fully saturated rings. The Morgan fingerprint density at radius 1 is 1.05 bits per heavy atom. The predicted molar refractivity (Wildman–Crippen MR) is 90.5 cm³/mol. The van der Waals surface area contributed by atoms with Gasteiger partial charge in [-0.15, -0.1) is 0 Å². The first kappa shape index (κ1) is 15.7. The van der Waals surface area contributed by atoms with Gasteiger partial charge in [-0.2, -0.15) is 0 Å². The van der Waals surface area contributed by atoms with Gasteiger partial charge in [0.15, 0.2) is 0 Å². The van der Waals surface area contributed by atoms with Crippen LogP contribution in [0.4, 0.5) is 5.69 Å². The largest absolute Gasteiger partial charge is 0.489 e. The first-order valence-corrected chi connectivity index (χ1v) is 7.59. The van der Waals surface area contributed by atoms with Gasteiger partial charge in [-0.3, -0.25) is 0 Å². The van der Waals surface area contributed by atoms with Crippen LogP contribution < -0.4 is 10.1 Å². The minimum atomic E-state index is 0.122. The summed E-state index contributed by atoms with van der Waals surface area (Å²) in [5.74, 6) is 0.725. The van der Waals surface area contributed by atoms with Crippen molar-refractivity contribution in [2.24, 2.45) is 0 Å². The van der Waals surface area contributed by atoms with Gasteiger partial charge in [0.25, 0.3) is 0 Å². The number of hydrogen-bond acceptors (Lipinski definition) is 2. The number of ether oxygens (including phenoxy) is 1. The van der Waals surface area contributed by atoms with Gasteiger partial charge < -0.3 is 10.1 Å². The molecule has 0 saturated heterocycles. The molecule has 2 aromatic carbocycles. The van der Waals surface area contributed by atoms with E-state index in [9.17, 15) is 0 Å². The van der Waals surface area contributed by atoms with E-state index in [0.29, 0.717) is 5.02 Å². The van der Waals surface area contributed by atoms with Crippen LogP contribution in [0.5, 0.6) is 5.75 Å². The molecule has 21 heavy (non-hydrogen) atoms. The maximum absolute atomic E-state index is 6.24. The van der Waals surface area contributed by atoms with E-state index in [0.717, 1.165) is 18.0 Å². The summed E-state index contributed by atoms with van der Waals surface area (Å²) in [6.45, 7) is 9.01. The molecule has 0 amide bonds. The van der Waals surface area contributed by atoms with Crippen molar-refractivity contribution in [3.63, 3.8) is 0 Å². The molecule has 0 bridgehead atoms. The SMILES string of the molecule is Cc1ccc(CNc2ccc(OC(C)C)c(Cl)c2)cc1C. The summed E-state index contributed by atoms with van der Waals surface area (Å²) in [5, 5.41) is 4.02. The standard InChI is InChI=1S/C18H22ClNO/c1-12(2)21-18-8-7-16(10-17(18)19)20-11-15-6-5-13(3)14(4)9-15/h5-10,12,20H,11H2,1-4H3. The normalized spacial score (nSPS) is 10.8. The number of aryl methyl sites for hydroxylation is 2. The first-order chi connectivity index (χ1) is 9.95. The van der Waals surface area contributed by atoms with E-state index in [1.807, 2.05) is 32.0 Å². The lowest BCUT2D eigenvalue weighted by molar-refractivity contribution is 0.242. The quantitative estimate of drug-likeness (QED) is 0.803. The molecular weight excluding hydrogens is 282 g/mol. The van der Waals surface area contributed by atoms with Gasteiger partial charge in [-0.1, -0.05) is 29.8 Å². The fraction of sp³-hybridized carbons (Fsp3) is 0.333. The maximum Gasteiger partial charge on any atom is 0.138 e. The highest BCUT2D eigenvalue weighted by molar-refractivity contribution is 6.32. The van der Waals surface area contributed by atoms with E-state index in [1.165, 1.54) is 16.7 Å². The van der Waals surface area contributed by atoms with Gasteiger partial charge in [0.05, 0.1) is 11.1 Å². The topological polar surface area (TPSA) is 21.3 Å². The molecule has 112 valence electrons. The Hall–Kier alpha value is -1.67. The lowest BCUT2D eigenvalue weighted by atomic mass is 10.1. The molecule has 1 N–H and O–H groups in total. The average Bonchev–Trinajstić information content (AvgIpc) is 2.42. The van der Waals surface area contributed by atoms with Crippen LogP contribution in [-0.4, -0.2) is 6.10 Å². The van der Waals surface area contributed by atoms with Gasteiger partial charge in [-0.25, -0.2) is 0 Å². The molecule has 2 nitrogen and oxygen atoms in total. The van der Waals surface area contributed by atoms with Gasteiger partial charge in [0, 0.05) is 12.2 Å². The van der Waals surface area contributed by atoms with E-state index in [2.05, 4.69) is 37.4 Å². The lowest BCUT2D eigenvalue weighted by Gasteiger charge is -2.13. The number of halogens is 1. The van der Waals surface area contributed by atoms with Crippen molar-refractivity contribution in [1.29, 1.82) is 0 Å². The second-order valence-electron chi connectivity index (χ2n) is 5.58. The smallest absolute Gasteiger partial charge is 0.138 e. The van der Waals surface area contributed by atoms with Gasteiger partial charge in [0.2, 0.25) is 0 Å². The zero-order chi connectivity index (χ0) is 15.4. The Labute approximate surface area is 132 Å². The zero-order valence-corrected chi connectivity index (χ0v) is 13.8. The molecule has 0 saturated carbocycles. The minimum Gasteiger partial charge on any atom is -0.489 e. The zero-order valence-electron chi connectivity index (χ0n) is 13.0. The minimum absolute atomic E-state index is 0.122. The summed E-state index contributed by atoms with van der Waals surface area (Å²) < 4.78 is 5.63. The molecule has 0 aliphatic rings. The van der Waals surface area contributed by atoms with Gasteiger partial charge in [0.1, 0.15) is 5.75 Å². The third kappa shape index (κ3) is 4.40. The van der Waals surface area contributed by atoms with E-state index in [4.69, 9.17) is 16.3 Å². The van der Waals surface area contributed by atoms with Crippen LogP contribution >= 0.6 is 11.6 Å². The highest BCUT2D eigenvalue weighted by Gasteiger charge is 2.05. The van der Waals surface area contributed by atoms with Crippen LogP contribution in [0.15, 0.2) is 36.4 Å². The van der Waals surface area contributed by atoms with Crippen molar-refractivity contribution in [2.45, 2.75) is 40.3 Å². The van der Waals surface area contributed by atoms with Crippen LogP contribution in [-0.2, 0) is 6.54 Å². The van der Waals surface area contributed by atoms with E-state index < -0.39 is 0 Å². The van der Waals surface area contributed by atoms with E-state index >= 15 is 0 Å². The van der Waals surface area contributed by atoms with Crippen LogP contribution in [0.2, 0.25) is 5.02 Å². The van der Waals surface area contributed by atoms with Crippen LogP contribution in [0.3, 0.4) is 0 Å². The Morgan fingerprint density at radius 3 is 2.43 bits per heavy atom. The number of nitrogens with one attached hydrogen (secondary N) is 1. The van der Waals surface area contributed by atoms with Crippen molar-refractivity contribution < 1.29 is 4.74 Å². The maximum atomic E-state index is 6.24. The summed E-state index contributed by atoms with van der Waals surface area (Å²) in [4.78, 5) is 0. The highest BCUT2D eigenvalue weighted by atomic mass is 35.5. The molecule has 0 spiro atoms. The van der Waals surface area contributed by atoms with E-state index in [1.54, 1.807) is 0 Å². The summed E-state index contributed by atoms with van der Waals surface area (Å²) in [6, 6.07) is 12.3. The third-order valence-corrected chi connectivity index (χ3v) is 3.66. The molecular formula is C18H22ClNO.